The van der Waals surface area contributed by atoms with Gasteiger partial charge in [0.05, 0.1) is 17.6 Å². The van der Waals surface area contributed by atoms with Gasteiger partial charge in [-0.15, -0.1) is 11.3 Å². The number of nitrogens with one attached hydrogen (secondary N) is 2. The standard InChI is InChI=1S/C16H17ClFN3OS2/c1-16(2)6-11(14(23)21-16)20-13(22)12-7-19-15(24-12)8-3-9(17)5-10(18)4-8/h3-5,7,11,14,21,23H,6H2,1-2H3,(H,20,22)/t11-,14-/m1/s1. The molecule has 1 amide bonds. The number of halogens is 2. The molecule has 2 aromatic rings. The van der Waals surface area contributed by atoms with Gasteiger partial charge in [0.25, 0.3) is 5.91 Å². The minimum atomic E-state index is -0.434. The van der Waals surface area contributed by atoms with Gasteiger partial charge in [0, 0.05) is 16.1 Å². The van der Waals surface area contributed by atoms with Crippen LogP contribution in [0.4, 0.5) is 4.39 Å². The number of aromatic nitrogens is 1. The summed E-state index contributed by atoms with van der Waals surface area (Å²) in [6, 6.07) is 4.14. The number of thiol groups is 1. The fourth-order valence-electron chi connectivity index (χ4n) is 2.78. The maximum Gasteiger partial charge on any atom is 0.263 e. The molecule has 1 aliphatic heterocycles. The van der Waals surface area contributed by atoms with Gasteiger partial charge in [-0.2, -0.15) is 12.6 Å². The van der Waals surface area contributed by atoms with Crippen LogP contribution in [0.1, 0.15) is 29.9 Å². The van der Waals surface area contributed by atoms with Crippen molar-refractivity contribution in [1.82, 2.24) is 15.6 Å². The number of carbonyl (C=O) groups is 1. The summed E-state index contributed by atoms with van der Waals surface area (Å²) >= 11 is 11.5. The van der Waals surface area contributed by atoms with Crippen molar-refractivity contribution >= 4 is 41.5 Å². The average molecular weight is 386 g/mol. The Hall–Kier alpha value is -1.15. The lowest BCUT2D eigenvalue weighted by molar-refractivity contribution is 0.0941. The van der Waals surface area contributed by atoms with Gasteiger partial charge < -0.3 is 5.32 Å². The summed E-state index contributed by atoms with van der Waals surface area (Å²) in [5, 5.41) is 7.05. The Morgan fingerprint density at radius 1 is 1.50 bits per heavy atom. The SMILES string of the molecule is CC1(C)C[C@@H](NC(=O)c2cnc(-c3cc(F)cc(Cl)c3)s2)[C@@H](S)N1. The summed E-state index contributed by atoms with van der Waals surface area (Å²) in [5.41, 5.74) is 0.487. The molecule has 0 bridgehead atoms. The van der Waals surface area contributed by atoms with Crippen LogP contribution in [0.5, 0.6) is 0 Å². The molecule has 3 rings (SSSR count). The number of hydrogen-bond donors (Lipinski definition) is 3. The van der Waals surface area contributed by atoms with Crippen molar-refractivity contribution in [2.24, 2.45) is 0 Å². The lowest BCUT2D eigenvalue weighted by Crippen LogP contribution is -2.40. The van der Waals surface area contributed by atoms with Crippen LogP contribution in [-0.4, -0.2) is 27.8 Å². The first-order valence-electron chi connectivity index (χ1n) is 7.42. The van der Waals surface area contributed by atoms with E-state index >= 15 is 0 Å². The molecule has 128 valence electrons. The predicted molar refractivity (Wildman–Crippen MR) is 98.4 cm³/mol. The highest BCUT2D eigenvalue weighted by molar-refractivity contribution is 7.81. The Morgan fingerprint density at radius 2 is 2.25 bits per heavy atom. The van der Waals surface area contributed by atoms with Crippen molar-refractivity contribution < 1.29 is 9.18 Å². The summed E-state index contributed by atoms with van der Waals surface area (Å²) in [6.45, 7) is 4.14. The predicted octanol–water partition coefficient (Wildman–Crippen LogP) is 3.73. The highest BCUT2D eigenvalue weighted by Crippen LogP contribution is 2.29. The van der Waals surface area contributed by atoms with Gasteiger partial charge >= 0.3 is 0 Å². The molecule has 8 heteroatoms. The van der Waals surface area contributed by atoms with Crippen LogP contribution in [0.2, 0.25) is 5.02 Å². The van der Waals surface area contributed by atoms with Crippen molar-refractivity contribution in [1.29, 1.82) is 0 Å². The molecule has 2 heterocycles. The van der Waals surface area contributed by atoms with E-state index in [1.54, 1.807) is 6.07 Å². The Kier molecular flexibility index (Phi) is 4.88. The van der Waals surface area contributed by atoms with Gasteiger partial charge in [0.1, 0.15) is 15.7 Å². The van der Waals surface area contributed by atoms with E-state index in [1.165, 1.54) is 29.7 Å². The summed E-state index contributed by atoms with van der Waals surface area (Å²) in [7, 11) is 0. The molecule has 0 aliphatic carbocycles. The van der Waals surface area contributed by atoms with Crippen LogP contribution in [0.25, 0.3) is 10.6 Å². The van der Waals surface area contributed by atoms with Crippen LogP contribution in [0.3, 0.4) is 0 Å². The van der Waals surface area contributed by atoms with Crippen LogP contribution in [-0.2, 0) is 0 Å². The summed E-state index contributed by atoms with van der Waals surface area (Å²) in [6.07, 6.45) is 2.28. The third-order valence-corrected chi connectivity index (χ3v) is 5.56. The lowest BCUT2D eigenvalue weighted by Gasteiger charge is -2.17. The second kappa shape index (κ2) is 6.63. The molecule has 0 saturated carbocycles. The zero-order valence-electron chi connectivity index (χ0n) is 13.1. The number of carbonyl (C=O) groups excluding carboxylic acids is 1. The molecule has 0 unspecified atom stereocenters. The van der Waals surface area contributed by atoms with Crippen LogP contribution in [0.15, 0.2) is 24.4 Å². The molecule has 2 atom stereocenters. The minimum Gasteiger partial charge on any atom is -0.346 e. The van der Waals surface area contributed by atoms with E-state index in [1.807, 2.05) is 0 Å². The molecular formula is C16H17ClFN3OS2. The Balaban J connectivity index is 1.74. The van der Waals surface area contributed by atoms with Crippen molar-refractivity contribution in [2.45, 2.75) is 37.2 Å². The van der Waals surface area contributed by atoms with E-state index < -0.39 is 5.82 Å². The van der Waals surface area contributed by atoms with E-state index in [-0.39, 0.29) is 22.9 Å². The monoisotopic (exact) mass is 385 g/mol. The third kappa shape index (κ3) is 3.91. The van der Waals surface area contributed by atoms with Crippen molar-refractivity contribution in [3.05, 3.63) is 40.1 Å². The van der Waals surface area contributed by atoms with E-state index in [2.05, 4.69) is 42.1 Å². The smallest absolute Gasteiger partial charge is 0.263 e. The number of nitrogens with zero attached hydrogens (tertiary/aromatic N) is 1. The molecule has 24 heavy (non-hydrogen) atoms. The van der Waals surface area contributed by atoms with E-state index in [0.29, 0.717) is 20.5 Å². The highest BCUT2D eigenvalue weighted by Gasteiger charge is 2.37. The van der Waals surface area contributed by atoms with Gasteiger partial charge in [-0.25, -0.2) is 9.37 Å². The Morgan fingerprint density at radius 3 is 2.88 bits per heavy atom. The maximum atomic E-state index is 13.5. The molecule has 4 nitrogen and oxygen atoms in total. The molecule has 1 aliphatic rings. The minimum absolute atomic E-state index is 0.0648. The average Bonchev–Trinajstić information content (AvgIpc) is 3.03. The number of rotatable bonds is 3. The fourth-order valence-corrected chi connectivity index (χ4v) is 4.34. The van der Waals surface area contributed by atoms with Gasteiger partial charge in [0.15, 0.2) is 0 Å². The molecule has 1 saturated heterocycles. The number of benzene rings is 1. The molecule has 1 aromatic carbocycles. The largest absolute Gasteiger partial charge is 0.346 e. The number of thiazole rings is 1. The zero-order chi connectivity index (χ0) is 17.5. The third-order valence-electron chi connectivity index (χ3n) is 3.81. The first kappa shape index (κ1) is 17.7. The van der Waals surface area contributed by atoms with Crippen LogP contribution >= 0.6 is 35.6 Å². The Labute approximate surface area is 154 Å². The highest BCUT2D eigenvalue weighted by atomic mass is 35.5. The fraction of sp³-hybridized carbons (Fsp3) is 0.375. The summed E-state index contributed by atoms with van der Waals surface area (Å²) in [5.74, 6) is -0.638. The first-order chi connectivity index (χ1) is 11.2. The Bertz CT molecular complexity index is 760. The molecule has 1 aromatic heterocycles. The van der Waals surface area contributed by atoms with Gasteiger partial charge in [0.2, 0.25) is 0 Å². The molecule has 0 spiro atoms. The van der Waals surface area contributed by atoms with E-state index in [9.17, 15) is 9.18 Å². The second-order valence-electron chi connectivity index (χ2n) is 6.44. The van der Waals surface area contributed by atoms with Crippen molar-refractivity contribution in [2.75, 3.05) is 0 Å². The normalized spacial score (nSPS) is 22.5. The second-order valence-corrected chi connectivity index (χ2v) is 8.47. The summed E-state index contributed by atoms with van der Waals surface area (Å²) < 4.78 is 13.5. The van der Waals surface area contributed by atoms with Gasteiger partial charge in [-0.1, -0.05) is 11.6 Å². The topological polar surface area (TPSA) is 54.0 Å². The van der Waals surface area contributed by atoms with E-state index in [4.69, 9.17) is 11.6 Å². The zero-order valence-corrected chi connectivity index (χ0v) is 15.6. The van der Waals surface area contributed by atoms with Gasteiger partial charge in [-0.05, 0) is 38.5 Å². The molecule has 2 N–H and O–H groups in total. The molecular weight excluding hydrogens is 369 g/mol. The summed E-state index contributed by atoms with van der Waals surface area (Å²) in [4.78, 5) is 17.1. The lowest BCUT2D eigenvalue weighted by atomic mass is 10.0. The molecule has 0 radical (unpaired) electrons. The van der Waals surface area contributed by atoms with Crippen molar-refractivity contribution in [3.63, 3.8) is 0 Å². The molecule has 1 fully saturated rings. The quantitative estimate of drug-likeness (QED) is 0.705. The van der Waals surface area contributed by atoms with Crippen LogP contribution < -0.4 is 10.6 Å². The van der Waals surface area contributed by atoms with Gasteiger partial charge in [-0.3, -0.25) is 10.1 Å². The van der Waals surface area contributed by atoms with E-state index in [0.717, 1.165) is 6.42 Å². The maximum absolute atomic E-state index is 13.5. The first-order valence-corrected chi connectivity index (χ1v) is 9.13. The number of amides is 1. The van der Waals surface area contributed by atoms with Crippen molar-refractivity contribution in [3.8, 4) is 10.6 Å². The number of hydrogen-bond acceptors (Lipinski definition) is 5. The van der Waals surface area contributed by atoms with Crippen LogP contribution in [0, 0.1) is 5.82 Å².